The highest BCUT2D eigenvalue weighted by Gasteiger charge is 2.33. The van der Waals surface area contributed by atoms with Crippen LogP contribution in [0.2, 0.25) is 0 Å². The summed E-state index contributed by atoms with van der Waals surface area (Å²) < 4.78 is 27.2. The molecule has 4 nitrogen and oxygen atoms in total. The highest BCUT2D eigenvalue weighted by molar-refractivity contribution is 7.89. The highest BCUT2D eigenvalue weighted by Crippen LogP contribution is 2.28. The first kappa shape index (κ1) is 16.4. The van der Waals surface area contributed by atoms with Gasteiger partial charge in [-0.25, -0.2) is 8.42 Å². The third kappa shape index (κ3) is 3.27. The molecule has 1 aliphatic heterocycles. The number of sulfonamides is 1. The number of nitrogens with zero attached hydrogens (tertiary/aromatic N) is 1. The van der Waals surface area contributed by atoms with E-state index in [1.807, 2.05) is 13.8 Å². The minimum Gasteiger partial charge on any atom is -0.389 e. The zero-order valence-electron chi connectivity index (χ0n) is 12.7. The second-order valence-electron chi connectivity index (χ2n) is 5.94. The van der Waals surface area contributed by atoms with E-state index in [1.54, 1.807) is 22.5 Å². The molecule has 116 valence electrons. The molecule has 2 N–H and O–H groups in total. The molecule has 0 bridgehead atoms. The molecule has 1 aromatic rings. The van der Waals surface area contributed by atoms with E-state index in [0.29, 0.717) is 17.4 Å². The average molecular weight is 326 g/mol. The number of hydrogen-bond acceptors (Lipinski definition) is 3. The van der Waals surface area contributed by atoms with E-state index < -0.39 is 10.0 Å². The van der Waals surface area contributed by atoms with Crippen molar-refractivity contribution in [2.75, 3.05) is 6.54 Å². The summed E-state index contributed by atoms with van der Waals surface area (Å²) in [5.74, 6) is 0.574. The van der Waals surface area contributed by atoms with Crippen LogP contribution in [0.3, 0.4) is 0 Å². The van der Waals surface area contributed by atoms with Crippen LogP contribution in [0.15, 0.2) is 23.1 Å². The van der Waals surface area contributed by atoms with Gasteiger partial charge in [0.05, 0.1) is 4.90 Å². The minimum absolute atomic E-state index is 0.0364. The summed E-state index contributed by atoms with van der Waals surface area (Å²) in [7, 11) is -3.45. The molecular formula is C15H22N2O2S2. The first-order chi connectivity index (χ1) is 9.73. The Morgan fingerprint density at radius 2 is 2.05 bits per heavy atom. The number of thiocarbonyl (C=S) groups is 1. The standard InChI is InChI=1S/C15H22N2O2S2/c1-10-6-7-17(12(3)8-10)21(18,19)13-4-5-14(15(16)20)11(2)9-13/h4-5,9-10,12H,6-8H2,1-3H3,(H2,16,20). The Balaban J connectivity index is 2.36. The molecule has 0 amide bonds. The van der Waals surface area contributed by atoms with E-state index in [-0.39, 0.29) is 11.0 Å². The Labute approximate surface area is 132 Å². The smallest absolute Gasteiger partial charge is 0.243 e. The fourth-order valence-corrected chi connectivity index (χ4v) is 4.92. The molecule has 2 rings (SSSR count). The first-order valence-corrected chi connectivity index (χ1v) is 9.00. The summed E-state index contributed by atoms with van der Waals surface area (Å²) in [6.45, 7) is 6.56. The summed E-state index contributed by atoms with van der Waals surface area (Å²) in [5.41, 5.74) is 7.14. The van der Waals surface area contributed by atoms with Crippen molar-refractivity contribution in [3.05, 3.63) is 29.3 Å². The molecule has 2 atom stereocenters. The molecule has 0 saturated carbocycles. The Hall–Kier alpha value is -0.980. The molecule has 0 aliphatic carbocycles. The zero-order chi connectivity index (χ0) is 15.8. The van der Waals surface area contributed by atoms with Crippen molar-refractivity contribution < 1.29 is 8.42 Å². The van der Waals surface area contributed by atoms with Gasteiger partial charge in [-0.05, 0) is 50.3 Å². The normalized spacial score (nSPS) is 24.0. The average Bonchev–Trinajstić information content (AvgIpc) is 2.37. The van der Waals surface area contributed by atoms with Gasteiger partial charge in [0.25, 0.3) is 0 Å². The monoisotopic (exact) mass is 326 g/mol. The number of piperidine rings is 1. The quantitative estimate of drug-likeness (QED) is 0.867. The fourth-order valence-electron chi connectivity index (χ4n) is 2.95. The van der Waals surface area contributed by atoms with E-state index in [0.717, 1.165) is 24.0 Å². The molecule has 0 spiro atoms. The molecule has 1 heterocycles. The van der Waals surface area contributed by atoms with Crippen molar-refractivity contribution >= 4 is 27.2 Å². The summed E-state index contributed by atoms with van der Waals surface area (Å²) in [6, 6.07) is 4.99. The van der Waals surface area contributed by atoms with Crippen molar-refractivity contribution in [3.8, 4) is 0 Å². The lowest BCUT2D eigenvalue weighted by atomic mass is 9.95. The van der Waals surface area contributed by atoms with Crippen molar-refractivity contribution in [2.24, 2.45) is 11.7 Å². The molecule has 21 heavy (non-hydrogen) atoms. The van der Waals surface area contributed by atoms with E-state index in [4.69, 9.17) is 18.0 Å². The van der Waals surface area contributed by atoms with Crippen LogP contribution < -0.4 is 5.73 Å². The number of nitrogens with two attached hydrogens (primary N) is 1. The maximum absolute atomic E-state index is 12.8. The number of hydrogen-bond donors (Lipinski definition) is 1. The Kier molecular flexibility index (Phi) is 4.70. The maximum atomic E-state index is 12.8. The van der Waals surface area contributed by atoms with Gasteiger partial charge in [0, 0.05) is 18.2 Å². The van der Waals surface area contributed by atoms with Gasteiger partial charge in [0.2, 0.25) is 10.0 Å². The van der Waals surface area contributed by atoms with Crippen LogP contribution in [0.25, 0.3) is 0 Å². The van der Waals surface area contributed by atoms with Gasteiger partial charge in [-0.2, -0.15) is 4.31 Å². The van der Waals surface area contributed by atoms with Gasteiger partial charge in [-0.1, -0.05) is 25.2 Å². The first-order valence-electron chi connectivity index (χ1n) is 7.15. The van der Waals surface area contributed by atoms with E-state index in [9.17, 15) is 8.42 Å². The predicted molar refractivity (Wildman–Crippen MR) is 88.8 cm³/mol. The summed E-state index contributed by atoms with van der Waals surface area (Å²) in [6.07, 6.45) is 1.82. The Morgan fingerprint density at radius 1 is 1.38 bits per heavy atom. The summed E-state index contributed by atoms with van der Waals surface area (Å²) >= 11 is 4.96. The van der Waals surface area contributed by atoms with Gasteiger partial charge in [-0.3, -0.25) is 0 Å². The second-order valence-corrected chi connectivity index (χ2v) is 8.27. The van der Waals surface area contributed by atoms with E-state index in [1.165, 1.54) is 0 Å². The van der Waals surface area contributed by atoms with Gasteiger partial charge in [0.1, 0.15) is 4.99 Å². The van der Waals surface area contributed by atoms with Crippen LogP contribution in [0.4, 0.5) is 0 Å². The van der Waals surface area contributed by atoms with Gasteiger partial charge in [-0.15, -0.1) is 0 Å². The molecule has 2 unspecified atom stereocenters. The third-order valence-corrected chi connectivity index (χ3v) is 6.38. The van der Waals surface area contributed by atoms with Crippen LogP contribution >= 0.6 is 12.2 Å². The lowest BCUT2D eigenvalue weighted by Gasteiger charge is -2.35. The van der Waals surface area contributed by atoms with E-state index in [2.05, 4.69) is 6.92 Å². The second kappa shape index (κ2) is 6.02. The van der Waals surface area contributed by atoms with Crippen molar-refractivity contribution in [1.29, 1.82) is 0 Å². The lowest BCUT2D eigenvalue weighted by molar-refractivity contribution is 0.220. The third-order valence-electron chi connectivity index (χ3n) is 4.15. The zero-order valence-corrected chi connectivity index (χ0v) is 14.3. The SMILES string of the molecule is Cc1cc(S(=O)(=O)N2CCC(C)CC2C)ccc1C(N)=S. The number of benzene rings is 1. The fraction of sp³-hybridized carbons (Fsp3) is 0.533. The van der Waals surface area contributed by atoms with Crippen LogP contribution in [0.5, 0.6) is 0 Å². The number of rotatable bonds is 3. The van der Waals surface area contributed by atoms with Crippen LogP contribution in [0.1, 0.15) is 37.8 Å². The van der Waals surface area contributed by atoms with Gasteiger partial charge in [0.15, 0.2) is 0 Å². The lowest BCUT2D eigenvalue weighted by Crippen LogP contribution is -2.44. The number of aryl methyl sites for hydroxylation is 1. The van der Waals surface area contributed by atoms with Crippen molar-refractivity contribution in [1.82, 2.24) is 4.31 Å². The van der Waals surface area contributed by atoms with Crippen LogP contribution in [-0.2, 0) is 10.0 Å². The van der Waals surface area contributed by atoms with E-state index >= 15 is 0 Å². The van der Waals surface area contributed by atoms with Crippen LogP contribution in [-0.4, -0.2) is 30.3 Å². The summed E-state index contributed by atoms with van der Waals surface area (Å²) in [5, 5.41) is 0. The summed E-state index contributed by atoms with van der Waals surface area (Å²) in [4.78, 5) is 0.609. The Bertz CT molecular complexity index is 656. The van der Waals surface area contributed by atoms with Crippen molar-refractivity contribution in [2.45, 2.75) is 44.6 Å². The molecule has 6 heteroatoms. The topological polar surface area (TPSA) is 63.4 Å². The largest absolute Gasteiger partial charge is 0.389 e. The molecule has 0 radical (unpaired) electrons. The Morgan fingerprint density at radius 3 is 2.57 bits per heavy atom. The van der Waals surface area contributed by atoms with Crippen molar-refractivity contribution in [3.63, 3.8) is 0 Å². The molecule has 0 aromatic heterocycles. The predicted octanol–water partition coefficient (Wildman–Crippen LogP) is 2.44. The molecule has 1 fully saturated rings. The molecule has 1 aromatic carbocycles. The minimum atomic E-state index is -3.45. The van der Waals surface area contributed by atoms with Gasteiger partial charge >= 0.3 is 0 Å². The molecule has 1 aliphatic rings. The van der Waals surface area contributed by atoms with Gasteiger partial charge < -0.3 is 5.73 Å². The maximum Gasteiger partial charge on any atom is 0.243 e. The van der Waals surface area contributed by atoms with Crippen LogP contribution in [0, 0.1) is 12.8 Å². The highest BCUT2D eigenvalue weighted by atomic mass is 32.2. The molecule has 1 saturated heterocycles. The molecular weight excluding hydrogens is 304 g/mol.